The number of hydrogen-bond acceptors (Lipinski definition) is 3. The van der Waals surface area contributed by atoms with Crippen LogP contribution >= 0.6 is 11.6 Å². The zero-order chi connectivity index (χ0) is 11.6. The minimum absolute atomic E-state index is 0.183. The van der Waals surface area contributed by atoms with Crippen molar-refractivity contribution in [1.82, 2.24) is 5.32 Å². The molecule has 0 radical (unpaired) electrons. The van der Waals surface area contributed by atoms with E-state index in [1.54, 1.807) is 12.1 Å². The van der Waals surface area contributed by atoms with Crippen LogP contribution in [0.4, 0.5) is 0 Å². The van der Waals surface area contributed by atoms with Crippen LogP contribution in [0.25, 0.3) is 0 Å². The largest absolute Gasteiger partial charge is 0.316 e. The van der Waals surface area contributed by atoms with Crippen LogP contribution in [0.3, 0.4) is 0 Å². The van der Waals surface area contributed by atoms with Crippen LogP contribution in [0, 0.1) is 0 Å². The van der Waals surface area contributed by atoms with Crippen LogP contribution in [-0.2, 0) is 9.84 Å². The van der Waals surface area contributed by atoms with E-state index < -0.39 is 15.1 Å². The van der Waals surface area contributed by atoms with Crippen molar-refractivity contribution in [2.45, 2.75) is 11.7 Å². The van der Waals surface area contributed by atoms with Gasteiger partial charge in [0, 0.05) is 11.6 Å². The van der Waals surface area contributed by atoms with Gasteiger partial charge in [-0.15, -0.1) is 0 Å². The molecule has 1 N–H and O–H groups in total. The second-order valence-electron chi connectivity index (χ2n) is 3.92. The van der Waals surface area contributed by atoms with Gasteiger partial charge in [0.05, 0.1) is 11.0 Å². The van der Waals surface area contributed by atoms with E-state index in [4.69, 9.17) is 11.6 Å². The molecule has 16 heavy (non-hydrogen) atoms. The number of benzene rings is 1. The molecule has 88 valence electrons. The molecule has 0 aliphatic carbocycles. The first-order valence-electron chi connectivity index (χ1n) is 5.28. The molecule has 0 spiro atoms. The molecular weight excluding hydrogens is 246 g/mol. The summed E-state index contributed by atoms with van der Waals surface area (Å²) in [6.07, 6.45) is 0.589. The highest BCUT2D eigenvalue weighted by molar-refractivity contribution is 7.91. The molecule has 1 atom stereocenters. The summed E-state index contributed by atoms with van der Waals surface area (Å²) in [5.41, 5.74) is 0.730. The van der Waals surface area contributed by atoms with Gasteiger partial charge in [0.25, 0.3) is 0 Å². The molecule has 1 unspecified atom stereocenters. The molecule has 1 saturated heterocycles. The average Bonchev–Trinajstić information content (AvgIpc) is 2.40. The lowest BCUT2D eigenvalue weighted by Crippen LogP contribution is -2.19. The summed E-state index contributed by atoms with van der Waals surface area (Å²) < 4.78 is 24.1. The van der Waals surface area contributed by atoms with Crippen molar-refractivity contribution >= 4 is 21.4 Å². The van der Waals surface area contributed by atoms with E-state index in [1.165, 1.54) is 0 Å². The number of sulfone groups is 1. The molecule has 5 heteroatoms. The number of rotatable bonds is 1. The second-order valence-corrected chi connectivity index (χ2v) is 6.63. The molecule has 2 rings (SSSR count). The van der Waals surface area contributed by atoms with Crippen LogP contribution < -0.4 is 5.32 Å². The first kappa shape index (κ1) is 11.9. The van der Waals surface area contributed by atoms with Gasteiger partial charge >= 0.3 is 0 Å². The topological polar surface area (TPSA) is 46.2 Å². The Morgan fingerprint density at radius 3 is 2.75 bits per heavy atom. The van der Waals surface area contributed by atoms with Gasteiger partial charge in [0.15, 0.2) is 9.84 Å². The molecular formula is C11H14ClNO2S. The van der Waals surface area contributed by atoms with Gasteiger partial charge in [0.2, 0.25) is 0 Å². The van der Waals surface area contributed by atoms with Gasteiger partial charge < -0.3 is 5.32 Å². The molecule has 1 fully saturated rings. The van der Waals surface area contributed by atoms with Crippen molar-refractivity contribution in [3.63, 3.8) is 0 Å². The quantitative estimate of drug-likeness (QED) is 0.836. The van der Waals surface area contributed by atoms with Gasteiger partial charge in [0.1, 0.15) is 0 Å². The van der Waals surface area contributed by atoms with Crippen LogP contribution in [0.15, 0.2) is 24.3 Å². The van der Waals surface area contributed by atoms with Gasteiger partial charge in [-0.3, -0.25) is 0 Å². The molecule has 0 bridgehead atoms. The van der Waals surface area contributed by atoms with Crippen molar-refractivity contribution in [2.75, 3.05) is 18.8 Å². The van der Waals surface area contributed by atoms with E-state index in [-0.39, 0.29) is 5.75 Å². The van der Waals surface area contributed by atoms with Crippen molar-refractivity contribution in [3.8, 4) is 0 Å². The first-order valence-corrected chi connectivity index (χ1v) is 7.37. The second kappa shape index (κ2) is 4.73. The average molecular weight is 260 g/mol. The lowest BCUT2D eigenvalue weighted by Gasteiger charge is -2.15. The third kappa shape index (κ3) is 2.39. The van der Waals surface area contributed by atoms with Crippen LogP contribution in [0.5, 0.6) is 0 Å². The molecule has 0 saturated carbocycles. The maximum absolute atomic E-state index is 12.1. The molecule has 1 aliphatic rings. The van der Waals surface area contributed by atoms with Gasteiger partial charge in [-0.2, -0.15) is 0 Å². The molecule has 1 aromatic carbocycles. The van der Waals surface area contributed by atoms with Crippen LogP contribution in [0.1, 0.15) is 17.2 Å². The number of halogens is 1. The van der Waals surface area contributed by atoms with E-state index in [9.17, 15) is 8.42 Å². The summed E-state index contributed by atoms with van der Waals surface area (Å²) in [7, 11) is -3.08. The third-order valence-corrected chi connectivity index (χ3v) is 5.31. The van der Waals surface area contributed by atoms with Crippen molar-refractivity contribution in [3.05, 3.63) is 34.9 Å². The predicted molar refractivity (Wildman–Crippen MR) is 65.5 cm³/mol. The van der Waals surface area contributed by atoms with Crippen LogP contribution in [0.2, 0.25) is 5.02 Å². The standard InChI is InChI=1S/C11H14ClNO2S/c12-10-4-2-1-3-9(10)11-5-6-13-7-8-16(11,14)15/h1-4,11,13H,5-8H2. The third-order valence-electron chi connectivity index (χ3n) is 2.83. The van der Waals surface area contributed by atoms with Crippen molar-refractivity contribution in [1.29, 1.82) is 0 Å². The fraction of sp³-hybridized carbons (Fsp3) is 0.455. The minimum atomic E-state index is -3.08. The maximum atomic E-state index is 12.1. The molecule has 1 aliphatic heterocycles. The molecule has 0 amide bonds. The highest BCUT2D eigenvalue weighted by atomic mass is 35.5. The Morgan fingerprint density at radius 2 is 2.00 bits per heavy atom. The summed E-state index contributed by atoms with van der Waals surface area (Å²) in [5.74, 6) is 0.183. The molecule has 1 aromatic rings. The van der Waals surface area contributed by atoms with E-state index in [0.717, 1.165) is 12.1 Å². The highest BCUT2D eigenvalue weighted by Crippen LogP contribution is 2.32. The van der Waals surface area contributed by atoms with Gasteiger partial charge in [-0.1, -0.05) is 29.8 Å². The van der Waals surface area contributed by atoms with E-state index in [0.29, 0.717) is 18.0 Å². The summed E-state index contributed by atoms with van der Waals surface area (Å²) in [6.45, 7) is 1.25. The van der Waals surface area contributed by atoms with Gasteiger partial charge in [-0.05, 0) is 24.6 Å². The summed E-state index contributed by atoms with van der Waals surface area (Å²) in [5, 5.41) is 3.18. The maximum Gasteiger partial charge on any atom is 0.158 e. The van der Waals surface area contributed by atoms with E-state index in [2.05, 4.69) is 5.32 Å². The summed E-state index contributed by atoms with van der Waals surface area (Å²) in [6, 6.07) is 7.18. The zero-order valence-corrected chi connectivity index (χ0v) is 10.4. The SMILES string of the molecule is O=S1(=O)CCNCCC1c1ccccc1Cl. The molecule has 0 aromatic heterocycles. The summed E-state index contributed by atoms with van der Waals surface area (Å²) in [4.78, 5) is 0. The lowest BCUT2D eigenvalue weighted by molar-refractivity contribution is 0.581. The minimum Gasteiger partial charge on any atom is -0.316 e. The van der Waals surface area contributed by atoms with E-state index >= 15 is 0 Å². The van der Waals surface area contributed by atoms with Crippen molar-refractivity contribution in [2.24, 2.45) is 0 Å². The fourth-order valence-electron chi connectivity index (χ4n) is 1.98. The first-order chi connectivity index (χ1) is 7.61. The summed E-state index contributed by atoms with van der Waals surface area (Å²) >= 11 is 6.05. The Labute approximate surface area is 101 Å². The number of nitrogens with one attached hydrogen (secondary N) is 1. The molecule has 3 nitrogen and oxygen atoms in total. The number of hydrogen-bond donors (Lipinski definition) is 1. The highest BCUT2D eigenvalue weighted by Gasteiger charge is 2.29. The lowest BCUT2D eigenvalue weighted by atomic mass is 10.1. The Balaban J connectivity index is 2.42. The Kier molecular flexibility index (Phi) is 3.52. The van der Waals surface area contributed by atoms with Gasteiger partial charge in [-0.25, -0.2) is 8.42 Å². The molecule has 1 heterocycles. The Bertz CT molecular complexity index is 473. The van der Waals surface area contributed by atoms with Crippen LogP contribution in [-0.4, -0.2) is 27.3 Å². The normalized spacial score (nSPS) is 24.9. The van der Waals surface area contributed by atoms with Crippen molar-refractivity contribution < 1.29 is 8.42 Å². The Morgan fingerprint density at radius 1 is 1.25 bits per heavy atom. The van der Waals surface area contributed by atoms with E-state index in [1.807, 2.05) is 12.1 Å². The monoisotopic (exact) mass is 259 g/mol. The zero-order valence-electron chi connectivity index (χ0n) is 8.82. The predicted octanol–water partition coefficient (Wildman–Crippen LogP) is 1.79. The fourth-order valence-corrected chi connectivity index (χ4v) is 4.09. The smallest absolute Gasteiger partial charge is 0.158 e. The Hall–Kier alpha value is -0.580.